The first kappa shape index (κ1) is 21.6. The Bertz CT molecular complexity index is 1600. The van der Waals surface area contributed by atoms with Crippen LogP contribution in [0, 0.1) is 24.0 Å². The van der Waals surface area contributed by atoms with Crippen LogP contribution in [0.1, 0.15) is 10.0 Å². The number of nitrogens with zero attached hydrogens (tertiary/aromatic N) is 7. The maximum atomic E-state index is 10.8. The Balaban J connectivity index is 0.000000140. The van der Waals surface area contributed by atoms with Crippen molar-refractivity contribution in [3.05, 3.63) is 62.6 Å². The molecule has 0 fully saturated rings. The van der Waals surface area contributed by atoms with E-state index in [9.17, 15) is 10.1 Å². The molecule has 6 rings (SSSR count). The Morgan fingerprint density at radius 2 is 1.33 bits per heavy atom. The second-order valence-electron chi connectivity index (χ2n) is 6.75. The van der Waals surface area contributed by atoms with E-state index in [1.165, 1.54) is 56.6 Å². The largest absolute Gasteiger partial charge is 0.270 e. The van der Waals surface area contributed by atoms with Gasteiger partial charge in [-0.1, -0.05) is 40.9 Å². The van der Waals surface area contributed by atoms with Crippen LogP contribution in [0.3, 0.4) is 0 Å². The molecule has 9 nitrogen and oxygen atoms in total. The molecule has 0 N–H and O–H groups in total. The molecule has 4 aromatic heterocycles. The van der Waals surface area contributed by atoms with Crippen molar-refractivity contribution in [1.29, 1.82) is 0 Å². The van der Waals surface area contributed by atoms with Crippen LogP contribution in [-0.4, -0.2) is 34.1 Å². The summed E-state index contributed by atoms with van der Waals surface area (Å²) in [6.07, 6.45) is 0. The zero-order valence-electron chi connectivity index (χ0n) is 17.1. The SMILES string of the molecule is Cc1nnc(-c2nsc3ccc([N+](=O)[O-])cc23)s1.Cc1nnc(-c2nsc3ccccc23)s1. The van der Waals surface area contributed by atoms with Gasteiger partial charge in [0.2, 0.25) is 0 Å². The molecule has 6 aromatic rings. The predicted molar refractivity (Wildman–Crippen MR) is 133 cm³/mol. The summed E-state index contributed by atoms with van der Waals surface area (Å²) in [5.74, 6) is 0. The summed E-state index contributed by atoms with van der Waals surface area (Å²) < 4.78 is 10.8. The highest BCUT2D eigenvalue weighted by Gasteiger charge is 2.16. The van der Waals surface area contributed by atoms with Crippen LogP contribution in [0.4, 0.5) is 5.69 Å². The van der Waals surface area contributed by atoms with Gasteiger partial charge in [-0.2, -0.15) is 8.75 Å². The van der Waals surface area contributed by atoms with Gasteiger partial charge in [0.1, 0.15) is 21.4 Å². The molecular formula is C20H13N7O2S4. The highest BCUT2D eigenvalue weighted by atomic mass is 32.1. The Morgan fingerprint density at radius 3 is 1.91 bits per heavy atom. The van der Waals surface area contributed by atoms with Gasteiger partial charge in [-0.25, -0.2) is 0 Å². The Hall–Kier alpha value is -3.26. The predicted octanol–water partition coefficient (Wildman–Crippen LogP) is 6.15. The molecule has 4 heterocycles. The van der Waals surface area contributed by atoms with Gasteiger partial charge in [0.05, 0.1) is 14.3 Å². The summed E-state index contributed by atoms with van der Waals surface area (Å²) >= 11 is 5.82. The number of rotatable bonds is 3. The van der Waals surface area contributed by atoms with E-state index >= 15 is 0 Å². The monoisotopic (exact) mass is 511 g/mol. The van der Waals surface area contributed by atoms with Crippen molar-refractivity contribution in [3.8, 4) is 21.4 Å². The van der Waals surface area contributed by atoms with Crippen molar-refractivity contribution < 1.29 is 4.92 Å². The van der Waals surface area contributed by atoms with Crippen LogP contribution in [0.25, 0.3) is 41.6 Å². The fourth-order valence-corrected chi connectivity index (χ4v) is 6.06. The van der Waals surface area contributed by atoms with Crippen molar-refractivity contribution in [3.63, 3.8) is 0 Å². The van der Waals surface area contributed by atoms with Gasteiger partial charge in [-0.3, -0.25) is 10.1 Å². The van der Waals surface area contributed by atoms with Gasteiger partial charge in [0.15, 0.2) is 10.0 Å². The molecule has 2 aromatic carbocycles. The Kier molecular flexibility index (Phi) is 5.85. The standard InChI is InChI=1S/C10H6N4O2S2.C10H7N3S2/c1-5-11-12-10(17-5)9-7-4-6(14(15)16)2-3-8(7)18-13-9;1-6-11-12-10(14-6)9-7-4-2-3-5-8(7)15-13-9/h2-4H,1H3;2-5H,1H3. The van der Waals surface area contributed by atoms with Crippen LogP contribution in [0.2, 0.25) is 0 Å². The first-order valence-corrected chi connectivity index (χ1v) is 12.7. The number of aromatic nitrogens is 6. The zero-order chi connectivity index (χ0) is 22.9. The van der Waals surface area contributed by atoms with E-state index in [1.54, 1.807) is 17.4 Å². The van der Waals surface area contributed by atoms with Gasteiger partial charge >= 0.3 is 0 Å². The van der Waals surface area contributed by atoms with Crippen LogP contribution in [0.15, 0.2) is 42.5 Å². The molecule has 0 saturated carbocycles. The number of non-ortho nitro benzene ring substituents is 1. The minimum Gasteiger partial charge on any atom is -0.258 e. The van der Waals surface area contributed by atoms with E-state index in [0.717, 1.165) is 30.8 Å². The molecule has 164 valence electrons. The highest BCUT2D eigenvalue weighted by molar-refractivity contribution is 7.17. The average molecular weight is 512 g/mol. The van der Waals surface area contributed by atoms with Crippen molar-refractivity contribution in [2.75, 3.05) is 0 Å². The fourth-order valence-electron chi connectivity index (χ4n) is 3.02. The Labute approximate surface area is 202 Å². The summed E-state index contributed by atoms with van der Waals surface area (Å²) in [5, 5.41) is 32.2. The smallest absolute Gasteiger partial charge is 0.258 e. The molecule has 13 heteroatoms. The molecule has 0 saturated heterocycles. The summed E-state index contributed by atoms with van der Waals surface area (Å²) in [6, 6.07) is 12.9. The second-order valence-corrected chi connectivity index (χ2v) is 10.7. The van der Waals surface area contributed by atoms with E-state index < -0.39 is 4.92 Å². The van der Waals surface area contributed by atoms with Crippen molar-refractivity contribution in [1.82, 2.24) is 29.1 Å². The third kappa shape index (κ3) is 4.35. The molecule has 0 atom stereocenters. The number of nitro groups is 1. The van der Waals surface area contributed by atoms with Crippen LogP contribution in [-0.2, 0) is 0 Å². The lowest BCUT2D eigenvalue weighted by atomic mass is 10.2. The van der Waals surface area contributed by atoms with Crippen LogP contribution >= 0.6 is 45.7 Å². The van der Waals surface area contributed by atoms with E-state index in [4.69, 9.17) is 0 Å². The topological polar surface area (TPSA) is 120 Å². The number of nitro benzene ring substituents is 1. The molecular weight excluding hydrogens is 499 g/mol. The highest BCUT2D eigenvalue weighted by Crippen LogP contribution is 2.34. The van der Waals surface area contributed by atoms with Crippen LogP contribution < -0.4 is 0 Å². The van der Waals surface area contributed by atoms with Gasteiger partial charge in [0, 0.05) is 22.9 Å². The van der Waals surface area contributed by atoms with Gasteiger partial charge in [0.25, 0.3) is 5.69 Å². The third-order valence-electron chi connectivity index (χ3n) is 4.50. The minimum atomic E-state index is -0.410. The maximum Gasteiger partial charge on any atom is 0.270 e. The first-order valence-electron chi connectivity index (χ1n) is 9.49. The fraction of sp³-hybridized carbons (Fsp3) is 0.100. The zero-order valence-corrected chi connectivity index (χ0v) is 20.4. The lowest BCUT2D eigenvalue weighted by molar-refractivity contribution is -0.384. The van der Waals surface area contributed by atoms with E-state index in [2.05, 4.69) is 41.3 Å². The first-order chi connectivity index (χ1) is 16.0. The summed E-state index contributed by atoms with van der Waals surface area (Å²) in [5.41, 5.74) is 1.69. The summed E-state index contributed by atoms with van der Waals surface area (Å²) in [7, 11) is 0. The quantitative estimate of drug-likeness (QED) is 0.205. The number of aryl methyl sites for hydroxylation is 2. The van der Waals surface area contributed by atoms with E-state index in [-0.39, 0.29) is 5.69 Å². The van der Waals surface area contributed by atoms with Gasteiger partial charge in [-0.15, -0.1) is 20.4 Å². The number of benzene rings is 2. The van der Waals surface area contributed by atoms with Crippen molar-refractivity contribution in [2.45, 2.75) is 13.8 Å². The molecule has 0 radical (unpaired) electrons. The lowest BCUT2D eigenvalue weighted by Crippen LogP contribution is -1.86. The summed E-state index contributed by atoms with van der Waals surface area (Å²) in [6.45, 7) is 3.81. The molecule has 0 spiro atoms. The number of fused-ring (bicyclic) bond motifs is 2. The molecule has 0 aliphatic heterocycles. The summed E-state index contributed by atoms with van der Waals surface area (Å²) in [4.78, 5) is 10.4. The molecule has 0 unspecified atom stereocenters. The number of hydrogen-bond donors (Lipinski definition) is 0. The average Bonchev–Trinajstić information content (AvgIpc) is 3.59. The van der Waals surface area contributed by atoms with Crippen molar-refractivity contribution >= 4 is 71.6 Å². The maximum absolute atomic E-state index is 10.8. The van der Waals surface area contributed by atoms with Gasteiger partial charge in [-0.05, 0) is 49.0 Å². The number of hydrogen-bond acceptors (Lipinski definition) is 12. The third-order valence-corrected chi connectivity index (χ3v) is 7.84. The van der Waals surface area contributed by atoms with Crippen LogP contribution in [0.5, 0.6) is 0 Å². The molecule has 0 bridgehead atoms. The van der Waals surface area contributed by atoms with E-state index in [1.807, 2.05) is 26.0 Å². The Morgan fingerprint density at radius 1 is 0.758 bits per heavy atom. The molecule has 33 heavy (non-hydrogen) atoms. The second kappa shape index (κ2) is 8.94. The molecule has 0 amide bonds. The van der Waals surface area contributed by atoms with E-state index in [0.29, 0.717) is 10.7 Å². The lowest BCUT2D eigenvalue weighted by Gasteiger charge is -1.93. The molecule has 0 aliphatic rings. The van der Waals surface area contributed by atoms with Gasteiger partial charge < -0.3 is 0 Å². The molecule has 0 aliphatic carbocycles. The van der Waals surface area contributed by atoms with Crippen molar-refractivity contribution in [2.24, 2.45) is 0 Å². The minimum absolute atomic E-state index is 0.0604. The normalized spacial score (nSPS) is 11.0.